The van der Waals surface area contributed by atoms with Crippen molar-refractivity contribution >= 4 is 22.4 Å². The Morgan fingerprint density at radius 2 is 1.96 bits per heavy atom. The lowest BCUT2D eigenvalue weighted by molar-refractivity contribution is -0.117. The van der Waals surface area contributed by atoms with Gasteiger partial charge in [0.15, 0.2) is 5.82 Å². The maximum Gasteiger partial charge on any atom is 0.232 e. The summed E-state index contributed by atoms with van der Waals surface area (Å²) in [7, 11) is 0. The number of hydrogen-bond acceptors (Lipinski definition) is 5. The quantitative estimate of drug-likeness (QED) is 0.786. The van der Waals surface area contributed by atoms with Crippen LogP contribution < -0.4 is 10.6 Å². The monoisotopic (exact) mass is 348 g/mol. The van der Waals surface area contributed by atoms with Gasteiger partial charge in [0, 0.05) is 18.4 Å². The van der Waals surface area contributed by atoms with E-state index in [1.165, 1.54) is 0 Å². The molecule has 1 aliphatic heterocycles. The average Bonchev–Trinajstić information content (AvgIpc) is 3.26. The fourth-order valence-corrected chi connectivity index (χ4v) is 3.93. The number of aromatic nitrogens is 2. The number of anilines is 1. The van der Waals surface area contributed by atoms with Crippen molar-refractivity contribution in [3.8, 4) is 0 Å². The van der Waals surface area contributed by atoms with Crippen molar-refractivity contribution in [3.63, 3.8) is 0 Å². The van der Waals surface area contributed by atoms with E-state index in [0.717, 1.165) is 35.7 Å². The maximum absolute atomic E-state index is 12.7. The lowest BCUT2D eigenvalue weighted by atomic mass is 9.77. The summed E-state index contributed by atoms with van der Waals surface area (Å²) in [5.41, 5.74) is 6.77. The minimum atomic E-state index is -0.445. The van der Waals surface area contributed by atoms with E-state index in [9.17, 15) is 4.79 Å². The molecule has 132 valence electrons. The molecule has 5 rings (SSSR count). The van der Waals surface area contributed by atoms with E-state index in [1.54, 1.807) is 0 Å². The third-order valence-corrected chi connectivity index (χ3v) is 5.66. The highest BCUT2D eigenvalue weighted by molar-refractivity contribution is 6.05. The highest BCUT2D eigenvalue weighted by Crippen LogP contribution is 2.39. The predicted octanol–water partition coefficient (Wildman–Crippen LogP) is 3.08. The summed E-state index contributed by atoms with van der Waals surface area (Å²) >= 11 is 0. The van der Waals surface area contributed by atoms with Crippen LogP contribution in [0.4, 0.5) is 5.69 Å². The summed E-state index contributed by atoms with van der Waals surface area (Å²) in [5, 5.41) is 6.28. The second-order valence-electron chi connectivity index (χ2n) is 7.37. The summed E-state index contributed by atoms with van der Waals surface area (Å²) in [6, 6.07) is 14.1. The molecule has 0 radical (unpaired) electrons. The van der Waals surface area contributed by atoms with E-state index in [2.05, 4.69) is 22.3 Å². The summed E-state index contributed by atoms with van der Waals surface area (Å²) in [6.45, 7) is 0.548. The van der Waals surface area contributed by atoms with E-state index in [4.69, 9.17) is 10.3 Å². The number of hydrogen-bond donors (Lipinski definition) is 1. The fourth-order valence-electron chi connectivity index (χ4n) is 3.93. The number of nitrogens with zero attached hydrogens (tertiary/aromatic N) is 3. The largest absolute Gasteiger partial charge is 0.339 e. The second-order valence-corrected chi connectivity index (χ2v) is 7.37. The van der Waals surface area contributed by atoms with Crippen molar-refractivity contribution in [2.24, 2.45) is 5.73 Å². The molecule has 2 heterocycles. The van der Waals surface area contributed by atoms with Gasteiger partial charge in [0.25, 0.3) is 0 Å². The molecule has 2 fully saturated rings. The molecule has 1 aromatic heterocycles. The van der Waals surface area contributed by atoms with Crippen LogP contribution in [0.15, 0.2) is 47.0 Å². The van der Waals surface area contributed by atoms with E-state index in [0.29, 0.717) is 24.7 Å². The molecule has 1 atom stereocenters. The number of carbonyl (C=O) groups is 1. The van der Waals surface area contributed by atoms with E-state index in [-0.39, 0.29) is 11.8 Å². The number of benzene rings is 2. The molecule has 2 aliphatic rings. The van der Waals surface area contributed by atoms with Gasteiger partial charge in [-0.25, -0.2) is 0 Å². The highest BCUT2D eigenvalue weighted by Gasteiger charge is 2.41. The number of carbonyl (C=O) groups excluding carboxylic acids is 1. The molecular formula is C20H20N4O2. The Hall–Kier alpha value is -2.73. The van der Waals surface area contributed by atoms with Crippen molar-refractivity contribution in [1.29, 1.82) is 0 Å². The van der Waals surface area contributed by atoms with Crippen molar-refractivity contribution in [2.75, 3.05) is 11.4 Å². The van der Waals surface area contributed by atoms with Crippen LogP contribution in [0, 0.1) is 0 Å². The first-order valence-electron chi connectivity index (χ1n) is 9.05. The van der Waals surface area contributed by atoms with Gasteiger partial charge in [0.05, 0.1) is 17.1 Å². The molecule has 6 heteroatoms. The van der Waals surface area contributed by atoms with Gasteiger partial charge in [-0.3, -0.25) is 4.79 Å². The second kappa shape index (κ2) is 5.64. The van der Waals surface area contributed by atoms with E-state index >= 15 is 0 Å². The van der Waals surface area contributed by atoms with Gasteiger partial charge in [-0.1, -0.05) is 41.6 Å². The normalized spacial score (nSPS) is 22.0. The van der Waals surface area contributed by atoms with Crippen molar-refractivity contribution < 1.29 is 9.32 Å². The Morgan fingerprint density at radius 1 is 1.15 bits per heavy atom. The van der Waals surface area contributed by atoms with Crippen molar-refractivity contribution in [1.82, 2.24) is 10.1 Å². The van der Waals surface area contributed by atoms with Gasteiger partial charge in [0.2, 0.25) is 11.8 Å². The molecule has 1 unspecified atom stereocenters. The SMILES string of the molecule is NC1(c2noc(C3CC(=O)N(c4cccc5ccccc45)C3)n2)CCC1. The minimum Gasteiger partial charge on any atom is -0.339 e. The standard InChI is InChI=1S/C20H20N4O2/c21-20(9-4-10-20)19-22-18(26-23-19)14-11-17(25)24(12-14)16-8-3-6-13-5-1-2-7-15(13)16/h1-3,5-8,14H,4,9-12,21H2. The first-order valence-corrected chi connectivity index (χ1v) is 9.05. The van der Waals surface area contributed by atoms with Gasteiger partial charge in [-0.2, -0.15) is 4.98 Å². The summed E-state index contributed by atoms with van der Waals surface area (Å²) in [5.74, 6) is 1.09. The van der Waals surface area contributed by atoms with Gasteiger partial charge < -0.3 is 15.2 Å². The van der Waals surface area contributed by atoms with Crippen molar-refractivity contribution in [3.05, 3.63) is 54.2 Å². The third kappa shape index (κ3) is 2.33. The average molecular weight is 348 g/mol. The van der Waals surface area contributed by atoms with Crippen LogP contribution in [-0.2, 0) is 10.3 Å². The van der Waals surface area contributed by atoms with Gasteiger partial charge >= 0.3 is 0 Å². The first kappa shape index (κ1) is 15.5. The molecule has 6 nitrogen and oxygen atoms in total. The zero-order valence-corrected chi connectivity index (χ0v) is 14.4. The lowest BCUT2D eigenvalue weighted by Crippen LogP contribution is -2.44. The van der Waals surface area contributed by atoms with Crippen LogP contribution in [0.1, 0.15) is 43.3 Å². The van der Waals surface area contributed by atoms with Crippen LogP contribution in [-0.4, -0.2) is 22.6 Å². The van der Waals surface area contributed by atoms with Crippen molar-refractivity contribution in [2.45, 2.75) is 37.1 Å². The Kier molecular flexibility index (Phi) is 3.37. The molecule has 0 spiro atoms. The van der Waals surface area contributed by atoms with Crippen LogP contribution in [0.25, 0.3) is 10.8 Å². The number of fused-ring (bicyclic) bond motifs is 1. The smallest absolute Gasteiger partial charge is 0.232 e. The zero-order chi connectivity index (χ0) is 17.7. The lowest BCUT2D eigenvalue weighted by Gasteiger charge is -2.34. The molecule has 0 bridgehead atoms. The van der Waals surface area contributed by atoms with Crippen LogP contribution >= 0.6 is 0 Å². The zero-order valence-electron chi connectivity index (χ0n) is 14.4. The molecule has 3 aromatic rings. The van der Waals surface area contributed by atoms with E-state index in [1.807, 2.05) is 35.2 Å². The number of rotatable bonds is 3. The molecule has 2 aromatic carbocycles. The summed E-state index contributed by atoms with van der Waals surface area (Å²) < 4.78 is 5.47. The van der Waals surface area contributed by atoms with E-state index < -0.39 is 5.54 Å². The highest BCUT2D eigenvalue weighted by atomic mass is 16.5. The molecule has 1 saturated carbocycles. The Morgan fingerprint density at radius 3 is 2.77 bits per heavy atom. The third-order valence-electron chi connectivity index (χ3n) is 5.66. The number of nitrogens with two attached hydrogens (primary N) is 1. The molecule has 26 heavy (non-hydrogen) atoms. The molecule has 1 saturated heterocycles. The molecule has 2 N–H and O–H groups in total. The molecular weight excluding hydrogens is 328 g/mol. The Balaban J connectivity index is 1.44. The molecule has 1 aliphatic carbocycles. The Bertz CT molecular complexity index is 987. The fraction of sp³-hybridized carbons (Fsp3) is 0.350. The molecule has 1 amide bonds. The van der Waals surface area contributed by atoms with Gasteiger partial charge in [-0.15, -0.1) is 0 Å². The summed E-state index contributed by atoms with van der Waals surface area (Å²) in [4.78, 5) is 19.0. The van der Waals surface area contributed by atoms with Crippen LogP contribution in [0.3, 0.4) is 0 Å². The number of amides is 1. The van der Waals surface area contributed by atoms with Crippen LogP contribution in [0.5, 0.6) is 0 Å². The first-order chi connectivity index (χ1) is 12.6. The van der Waals surface area contributed by atoms with Gasteiger partial charge in [0.1, 0.15) is 0 Å². The Labute approximate surface area is 151 Å². The van der Waals surface area contributed by atoms with Crippen LogP contribution in [0.2, 0.25) is 0 Å². The maximum atomic E-state index is 12.7. The predicted molar refractivity (Wildman–Crippen MR) is 97.7 cm³/mol. The van der Waals surface area contributed by atoms with Gasteiger partial charge in [-0.05, 0) is 30.7 Å². The summed E-state index contributed by atoms with van der Waals surface area (Å²) in [6.07, 6.45) is 3.25. The topological polar surface area (TPSA) is 85.2 Å². The minimum absolute atomic E-state index is 0.0807.